The van der Waals surface area contributed by atoms with E-state index in [1.165, 1.54) is 35.6 Å². The van der Waals surface area contributed by atoms with Crippen molar-refractivity contribution in [1.82, 2.24) is 20.7 Å². The number of thiazole rings is 1. The van der Waals surface area contributed by atoms with E-state index in [1.807, 2.05) is 6.92 Å². The Morgan fingerprint density at radius 3 is 2.75 bits per heavy atom. The molecule has 1 fully saturated rings. The van der Waals surface area contributed by atoms with Crippen LogP contribution in [0, 0.1) is 0 Å². The van der Waals surface area contributed by atoms with Gasteiger partial charge in [0.05, 0.1) is 0 Å². The van der Waals surface area contributed by atoms with Gasteiger partial charge in [-0.2, -0.15) is 0 Å². The van der Waals surface area contributed by atoms with Crippen LogP contribution in [0.4, 0.5) is 5.13 Å². The quantitative estimate of drug-likeness (QED) is 0.461. The monoisotopic (exact) mass is 386 g/mol. The Kier molecular flexibility index (Phi) is 7.13. The number of hydrogen-bond donors (Lipinski definition) is 4. The Balaban J connectivity index is 1.86. The minimum Gasteiger partial charge on any atom is -0.375 e. The molecule has 1 saturated carbocycles. The molecule has 0 unspecified atom stereocenters. The first kappa shape index (κ1) is 18.8. The molecule has 0 radical (unpaired) electrons. The van der Waals surface area contributed by atoms with E-state index in [1.54, 1.807) is 5.38 Å². The lowest BCUT2D eigenvalue weighted by Gasteiger charge is -2.23. The summed E-state index contributed by atoms with van der Waals surface area (Å²) in [5.74, 6) is -0.361. The lowest BCUT2D eigenvalue weighted by atomic mass is 9.96. The van der Waals surface area contributed by atoms with Crippen LogP contribution >= 0.6 is 35.8 Å². The molecule has 7 nitrogen and oxygen atoms in total. The summed E-state index contributed by atoms with van der Waals surface area (Å²) in [7, 11) is 0. The lowest BCUT2D eigenvalue weighted by Crippen LogP contribution is -2.48. The molecule has 10 heteroatoms. The molecule has 1 amide bonds. The molecule has 0 bridgehead atoms. The van der Waals surface area contributed by atoms with E-state index >= 15 is 0 Å². The molecular formula is C14H22N6OS3. The number of nitrogens with two attached hydrogens (primary N) is 1. The van der Waals surface area contributed by atoms with Crippen LogP contribution in [0.5, 0.6) is 0 Å². The van der Waals surface area contributed by atoms with Crippen molar-refractivity contribution in [1.29, 1.82) is 0 Å². The summed E-state index contributed by atoms with van der Waals surface area (Å²) in [5.41, 5.74) is 8.42. The van der Waals surface area contributed by atoms with Crippen molar-refractivity contribution in [2.24, 2.45) is 5.73 Å². The van der Waals surface area contributed by atoms with Crippen LogP contribution in [0.1, 0.15) is 49.5 Å². The molecule has 0 saturated heterocycles. The van der Waals surface area contributed by atoms with Crippen molar-refractivity contribution in [2.45, 2.75) is 45.1 Å². The number of carbonyl (C=O) groups is 1. The van der Waals surface area contributed by atoms with Crippen molar-refractivity contribution in [2.75, 3.05) is 11.9 Å². The number of rotatable bonds is 4. The first-order valence-corrected chi connectivity index (χ1v) is 9.60. The first-order chi connectivity index (χ1) is 11.5. The third-order valence-electron chi connectivity index (χ3n) is 3.72. The van der Waals surface area contributed by atoms with Crippen molar-refractivity contribution < 1.29 is 4.79 Å². The Morgan fingerprint density at radius 1 is 1.42 bits per heavy atom. The van der Waals surface area contributed by atoms with Crippen molar-refractivity contribution in [3.05, 3.63) is 11.1 Å². The zero-order valence-electron chi connectivity index (χ0n) is 13.5. The molecule has 1 aromatic heterocycles. The van der Waals surface area contributed by atoms with Crippen molar-refractivity contribution >= 4 is 57.0 Å². The lowest BCUT2D eigenvalue weighted by molar-refractivity contribution is 0.0870. The highest BCUT2D eigenvalue weighted by molar-refractivity contribution is 7.80. The van der Waals surface area contributed by atoms with E-state index in [9.17, 15) is 4.79 Å². The maximum absolute atomic E-state index is 12.1. The van der Waals surface area contributed by atoms with Gasteiger partial charge < -0.3 is 16.4 Å². The molecule has 0 aromatic carbocycles. The Labute approximate surface area is 156 Å². The highest BCUT2D eigenvalue weighted by Gasteiger charge is 2.17. The Hall–Kier alpha value is -1.52. The minimum absolute atomic E-state index is 0.109. The van der Waals surface area contributed by atoms with Crippen molar-refractivity contribution in [3.8, 4) is 0 Å². The second kappa shape index (κ2) is 9.09. The van der Waals surface area contributed by atoms with Gasteiger partial charge in [0.1, 0.15) is 5.69 Å². The fourth-order valence-corrected chi connectivity index (χ4v) is 3.67. The molecule has 5 N–H and O–H groups in total. The maximum Gasteiger partial charge on any atom is 0.289 e. The number of nitrogens with zero attached hydrogens (tertiary/aromatic N) is 2. The van der Waals surface area contributed by atoms with Gasteiger partial charge >= 0.3 is 0 Å². The van der Waals surface area contributed by atoms with Crippen molar-refractivity contribution in [3.63, 3.8) is 0 Å². The van der Waals surface area contributed by atoms with E-state index in [0.717, 1.165) is 12.8 Å². The number of thiocarbonyl (C=S) groups is 2. The standard InChI is InChI=1S/C14H22N6OS3/c1-2-20(12(15)22)19-11(21)10-8-24-14(17-10)18-13(23)16-9-6-4-3-5-7-9/h8-9H,2-7H2,1H3,(H2,15,22)(H,19,21)(H2,16,17,18,23). The fourth-order valence-electron chi connectivity index (χ4n) is 2.47. The van der Waals surface area contributed by atoms with Crippen LogP contribution < -0.4 is 21.8 Å². The summed E-state index contributed by atoms with van der Waals surface area (Å²) in [6, 6.07) is 0.421. The molecule has 2 rings (SSSR count). The third-order valence-corrected chi connectivity index (χ3v) is 4.91. The van der Waals surface area contributed by atoms with Crippen LogP contribution in [-0.2, 0) is 0 Å². The SMILES string of the molecule is CCN(NC(=O)c1csc(NC(=S)NC2CCCCC2)n1)C(N)=S. The Morgan fingerprint density at radius 2 is 2.12 bits per heavy atom. The van der Waals surface area contributed by atoms with Crippen LogP contribution in [0.3, 0.4) is 0 Å². The smallest absolute Gasteiger partial charge is 0.289 e. The predicted octanol–water partition coefficient (Wildman–Crippen LogP) is 1.97. The topological polar surface area (TPSA) is 95.3 Å². The molecule has 0 atom stereocenters. The summed E-state index contributed by atoms with van der Waals surface area (Å²) in [4.78, 5) is 16.4. The highest BCUT2D eigenvalue weighted by Crippen LogP contribution is 2.18. The maximum atomic E-state index is 12.1. The van der Waals surface area contributed by atoms with E-state index in [-0.39, 0.29) is 16.7 Å². The molecule has 24 heavy (non-hydrogen) atoms. The molecule has 1 aliphatic rings. The highest BCUT2D eigenvalue weighted by atomic mass is 32.1. The average Bonchev–Trinajstić information content (AvgIpc) is 3.01. The summed E-state index contributed by atoms with van der Waals surface area (Å²) < 4.78 is 0. The summed E-state index contributed by atoms with van der Waals surface area (Å²) >= 11 is 11.5. The number of nitrogens with one attached hydrogen (secondary N) is 3. The van der Waals surface area contributed by atoms with Crippen LogP contribution in [0.2, 0.25) is 0 Å². The summed E-state index contributed by atoms with van der Waals surface area (Å²) in [5, 5.41) is 10.6. The summed E-state index contributed by atoms with van der Waals surface area (Å²) in [6.45, 7) is 2.31. The molecule has 0 spiro atoms. The van der Waals surface area contributed by atoms with Gasteiger partial charge in [0.25, 0.3) is 5.91 Å². The number of carbonyl (C=O) groups excluding carboxylic acids is 1. The van der Waals surface area contributed by atoms with Gasteiger partial charge in [-0.1, -0.05) is 19.3 Å². The second-order valence-electron chi connectivity index (χ2n) is 5.49. The molecule has 132 valence electrons. The normalized spacial score (nSPS) is 14.7. The fraction of sp³-hybridized carbons (Fsp3) is 0.571. The predicted molar refractivity (Wildman–Crippen MR) is 105 cm³/mol. The van der Waals surface area contributed by atoms with Crippen LogP contribution in [-0.4, -0.2) is 38.7 Å². The number of hydrogen-bond acceptors (Lipinski definition) is 5. The number of hydrazine groups is 1. The van der Waals surface area contributed by atoms with E-state index in [4.69, 9.17) is 30.2 Å². The Bertz CT molecular complexity index is 599. The number of anilines is 1. The number of amides is 1. The van der Waals surface area contributed by atoms with Gasteiger partial charge in [-0.15, -0.1) is 11.3 Å². The van der Waals surface area contributed by atoms with Crippen LogP contribution in [0.15, 0.2) is 5.38 Å². The average molecular weight is 387 g/mol. The number of aromatic nitrogens is 1. The van der Waals surface area contributed by atoms with Gasteiger partial charge in [-0.3, -0.25) is 15.2 Å². The molecule has 1 aromatic rings. The molecule has 0 aliphatic heterocycles. The van der Waals surface area contributed by atoms with Gasteiger partial charge in [0, 0.05) is 18.0 Å². The van der Waals surface area contributed by atoms with Crippen LogP contribution in [0.25, 0.3) is 0 Å². The first-order valence-electron chi connectivity index (χ1n) is 7.90. The van der Waals surface area contributed by atoms with Gasteiger partial charge in [-0.05, 0) is 44.2 Å². The zero-order valence-corrected chi connectivity index (χ0v) is 16.0. The van der Waals surface area contributed by atoms with Gasteiger partial charge in [-0.25, -0.2) is 4.98 Å². The van der Waals surface area contributed by atoms with E-state index < -0.39 is 0 Å². The van der Waals surface area contributed by atoms with Gasteiger partial charge in [0.15, 0.2) is 15.4 Å². The van der Waals surface area contributed by atoms with E-state index in [0.29, 0.717) is 22.8 Å². The largest absolute Gasteiger partial charge is 0.375 e. The summed E-state index contributed by atoms with van der Waals surface area (Å²) in [6.07, 6.45) is 6.04. The second-order valence-corrected chi connectivity index (χ2v) is 7.18. The minimum atomic E-state index is -0.361. The zero-order chi connectivity index (χ0) is 17.5. The molecular weight excluding hydrogens is 364 g/mol. The molecule has 1 heterocycles. The van der Waals surface area contributed by atoms with E-state index in [2.05, 4.69) is 21.0 Å². The van der Waals surface area contributed by atoms with Gasteiger partial charge in [0.2, 0.25) is 0 Å². The third kappa shape index (κ3) is 5.53. The molecule has 1 aliphatic carbocycles.